The number of rotatable bonds is 5. The fourth-order valence-corrected chi connectivity index (χ4v) is 1.83. The second-order valence-corrected chi connectivity index (χ2v) is 6.16. The second-order valence-electron chi connectivity index (χ2n) is 3.90. The Morgan fingerprint density at radius 3 is 2.60 bits per heavy atom. The highest BCUT2D eigenvalue weighted by Crippen LogP contribution is 2.18. The third kappa shape index (κ3) is 6.33. The Balaban J connectivity index is 2.12. The summed E-state index contributed by atoms with van der Waals surface area (Å²) in [7, 11) is -1.12. The molecule has 1 rings (SSSR count). The summed E-state index contributed by atoms with van der Waals surface area (Å²) in [5.74, 6) is 0.992. The van der Waals surface area contributed by atoms with E-state index in [9.17, 15) is 8.42 Å². The molecule has 0 amide bonds. The van der Waals surface area contributed by atoms with Gasteiger partial charge in [0, 0.05) is 25.9 Å². The van der Waals surface area contributed by atoms with E-state index in [0.717, 1.165) is 5.96 Å². The topological polar surface area (TPSA) is 70.6 Å². The fraction of sp³-hybridized carbons (Fsp3) is 0.889. The van der Waals surface area contributed by atoms with E-state index < -0.39 is 9.84 Å². The zero-order chi connectivity index (χ0) is 11.3. The highest BCUT2D eigenvalue weighted by Gasteiger charge is 2.21. The van der Waals surface area contributed by atoms with Crippen LogP contribution in [0.5, 0.6) is 0 Å². The predicted octanol–water partition coefficient (Wildman–Crippen LogP) is -0.251. The van der Waals surface area contributed by atoms with E-state index in [2.05, 4.69) is 15.6 Å². The molecule has 0 bridgehead atoms. The smallest absolute Gasteiger partial charge is 0.191 e. The molecule has 1 aliphatic rings. The Morgan fingerprint density at radius 2 is 2.13 bits per heavy atom. The lowest BCUT2D eigenvalue weighted by molar-refractivity contribution is 0.598. The van der Waals surface area contributed by atoms with E-state index >= 15 is 0 Å². The van der Waals surface area contributed by atoms with Crippen LogP contribution in [-0.2, 0) is 9.84 Å². The van der Waals surface area contributed by atoms with Gasteiger partial charge >= 0.3 is 0 Å². The molecule has 0 heterocycles. The average Bonchev–Trinajstić information content (AvgIpc) is 2.92. The first-order valence-corrected chi connectivity index (χ1v) is 7.22. The first-order chi connectivity index (χ1) is 7.01. The highest BCUT2D eigenvalue weighted by molar-refractivity contribution is 7.90. The molecule has 0 aromatic carbocycles. The third-order valence-electron chi connectivity index (χ3n) is 2.13. The maximum atomic E-state index is 10.9. The molecule has 2 N–H and O–H groups in total. The Bertz CT molecular complexity index is 320. The average molecular weight is 233 g/mol. The summed E-state index contributed by atoms with van der Waals surface area (Å²) in [6, 6.07) is 0.561. The van der Waals surface area contributed by atoms with Crippen LogP contribution in [0.3, 0.4) is 0 Å². The minimum absolute atomic E-state index is 0.223. The second kappa shape index (κ2) is 5.34. The van der Waals surface area contributed by atoms with E-state index in [4.69, 9.17) is 0 Å². The van der Waals surface area contributed by atoms with Crippen molar-refractivity contribution in [1.82, 2.24) is 10.6 Å². The van der Waals surface area contributed by atoms with Gasteiger partial charge in [0.25, 0.3) is 0 Å². The monoisotopic (exact) mass is 233 g/mol. The van der Waals surface area contributed by atoms with Crippen molar-refractivity contribution < 1.29 is 8.42 Å². The lowest BCUT2D eigenvalue weighted by Crippen LogP contribution is -2.39. The lowest BCUT2D eigenvalue weighted by Gasteiger charge is -2.10. The maximum absolute atomic E-state index is 10.9. The van der Waals surface area contributed by atoms with E-state index in [1.807, 2.05) is 0 Å². The van der Waals surface area contributed by atoms with Gasteiger partial charge in [-0.3, -0.25) is 4.99 Å². The van der Waals surface area contributed by atoms with E-state index in [0.29, 0.717) is 19.0 Å². The molecule has 0 saturated heterocycles. The van der Waals surface area contributed by atoms with Gasteiger partial charge < -0.3 is 10.6 Å². The standard InChI is InChI=1S/C9H19N3O2S/c1-10-9(12-8-4-5-8)11-6-3-7-15(2,13)14/h8H,3-7H2,1-2H3,(H2,10,11,12). The number of guanidine groups is 1. The SMILES string of the molecule is CN=C(NCCCS(C)(=O)=O)NC1CC1. The Hall–Kier alpha value is -0.780. The molecule has 0 spiro atoms. The molecule has 0 atom stereocenters. The maximum Gasteiger partial charge on any atom is 0.191 e. The van der Waals surface area contributed by atoms with Crippen molar-refractivity contribution in [3.8, 4) is 0 Å². The van der Waals surface area contributed by atoms with Crippen molar-refractivity contribution in [1.29, 1.82) is 0 Å². The molecule has 0 unspecified atom stereocenters. The first-order valence-electron chi connectivity index (χ1n) is 5.16. The summed E-state index contributed by atoms with van der Waals surface area (Å²) in [5.41, 5.74) is 0. The highest BCUT2D eigenvalue weighted by atomic mass is 32.2. The zero-order valence-electron chi connectivity index (χ0n) is 9.28. The van der Waals surface area contributed by atoms with E-state index in [1.165, 1.54) is 19.1 Å². The molecule has 1 saturated carbocycles. The number of nitrogens with zero attached hydrogens (tertiary/aromatic N) is 1. The number of hydrogen-bond donors (Lipinski definition) is 2. The third-order valence-corrected chi connectivity index (χ3v) is 3.16. The van der Waals surface area contributed by atoms with E-state index in [1.54, 1.807) is 7.05 Å². The molecule has 0 radical (unpaired) electrons. The molecule has 1 aliphatic carbocycles. The van der Waals surface area contributed by atoms with Crippen LogP contribution < -0.4 is 10.6 Å². The van der Waals surface area contributed by atoms with E-state index in [-0.39, 0.29) is 5.75 Å². The number of aliphatic imine (C=N–C) groups is 1. The summed E-state index contributed by atoms with van der Waals surface area (Å²) in [5, 5.41) is 6.32. The van der Waals surface area contributed by atoms with Gasteiger partial charge in [-0.25, -0.2) is 8.42 Å². The quantitative estimate of drug-likeness (QED) is 0.390. The lowest BCUT2D eigenvalue weighted by atomic mass is 10.5. The fourth-order valence-electron chi connectivity index (χ4n) is 1.16. The molecule has 15 heavy (non-hydrogen) atoms. The number of hydrogen-bond acceptors (Lipinski definition) is 3. The van der Waals surface area contributed by atoms with Crippen molar-refractivity contribution in [3.63, 3.8) is 0 Å². The van der Waals surface area contributed by atoms with Crippen molar-refractivity contribution in [2.24, 2.45) is 4.99 Å². The molecule has 1 fully saturated rings. The van der Waals surface area contributed by atoms with Crippen LogP contribution in [-0.4, -0.2) is 46.0 Å². The van der Waals surface area contributed by atoms with Crippen LogP contribution in [0.4, 0.5) is 0 Å². The Morgan fingerprint density at radius 1 is 1.47 bits per heavy atom. The molecule has 0 aromatic rings. The summed E-state index contributed by atoms with van der Waals surface area (Å²) in [6.45, 7) is 0.638. The van der Waals surface area contributed by atoms with Crippen LogP contribution in [0, 0.1) is 0 Å². The molecule has 0 aromatic heterocycles. The van der Waals surface area contributed by atoms with Crippen molar-refractivity contribution in [2.75, 3.05) is 25.6 Å². The molecule has 5 nitrogen and oxygen atoms in total. The first kappa shape index (κ1) is 12.3. The summed E-state index contributed by atoms with van der Waals surface area (Å²) < 4.78 is 21.7. The van der Waals surface area contributed by atoms with Gasteiger partial charge in [-0.2, -0.15) is 0 Å². The van der Waals surface area contributed by atoms with Gasteiger partial charge in [0.2, 0.25) is 0 Å². The number of nitrogens with one attached hydrogen (secondary N) is 2. The predicted molar refractivity (Wildman–Crippen MR) is 61.8 cm³/mol. The van der Waals surface area contributed by atoms with Crippen LogP contribution in [0.2, 0.25) is 0 Å². The Labute approximate surface area is 91.3 Å². The van der Waals surface area contributed by atoms with Gasteiger partial charge in [-0.1, -0.05) is 0 Å². The molecular formula is C9H19N3O2S. The van der Waals surface area contributed by atoms with Crippen molar-refractivity contribution >= 4 is 15.8 Å². The summed E-state index contributed by atoms with van der Waals surface area (Å²) in [6.07, 6.45) is 4.27. The van der Waals surface area contributed by atoms with Crippen LogP contribution in [0.1, 0.15) is 19.3 Å². The van der Waals surface area contributed by atoms with Gasteiger partial charge in [-0.05, 0) is 19.3 Å². The zero-order valence-corrected chi connectivity index (χ0v) is 10.1. The van der Waals surface area contributed by atoms with Crippen molar-refractivity contribution in [2.45, 2.75) is 25.3 Å². The normalized spacial score (nSPS) is 17.6. The molecule has 88 valence electrons. The Kier molecular flexibility index (Phi) is 4.38. The molecular weight excluding hydrogens is 214 g/mol. The largest absolute Gasteiger partial charge is 0.356 e. The summed E-state index contributed by atoms with van der Waals surface area (Å²) >= 11 is 0. The van der Waals surface area contributed by atoms with Crippen LogP contribution in [0.15, 0.2) is 4.99 Å². The van der Waals surface area contributed by atoms with Crippen LogP contribution >= 0.6 is 0 Å². The van der Waals surface area contributed by atoms with Crippen molar-refractivity contribution in [3.05, 3.63) is 0 Å². The van der Waals surface area contributed by atoms with Gasteiger partial charge in [0.15, 0.2) is 5.96 Å². The number of sulfone groups is 1. The van der Waals surface area contributed by atoms with Crippen LogP contribution in [0.25, 0.3) is 0 Å². The minimum Gasteiger partial charge on any atom is -0.356 e. The molecule has 6 heteroatoms. The molecule has 0 aliphatic heterocycles. The van der Waals surface area contributed by atoms with Gasteiger partial charge in [0.05, 0.1) is 5.75 Å². The minimum atomic E-state index is -2.84. The summed E-state index contributed by atoms with van der Waals surface area (Å²) in [4.78, 5) is 4.05. The van der Waals surface area contributed by atoms with Gasteiger partial charge in [-0.15, -0.1) is 0 Å². The van der Waals surface area contributed by atoms with Gasteiger partial charge in [0.1, 0.15) is 9.84 Å².